The van der Waals surface area contributed by atoms with Gasteiger partial charge in [0.05, 0.1) is 29.5 Å². The lowest BCUT2D eigenvalue weighted by Gasteiger charge is -2.23. The highest BCUT2D eigenvalue weighted by atomic mass is 19.4. The summed E-state index contributed by atoms with van der Waals surface area (Å²) in [4.78, 5) is 23.2. The first-order chi connectivity index (χ1) is 20.2. The second kappa shape index (κ2) is 12.7. The first-order valence-corrected chi connectivity index (χ1v) is 13.2. The molecule has 0 aliphatic rings. The number of fused-ring (bicyclic) bond motifs is 1. The van der Waals surface area contributed by atoms with Gasteiger partial charge in [-0.2, -0.15) is 13.2 Å². The van der Waals surface area contributed by atoms with Crippen LogP contribution in [0.4, 0.5) is 30.4 Å². The number of rotatable bonds is 10. The smallest absolute Gasteiger partial charge is 0.416 e. The van der Waals surface area contributed by atoms with E-state index in [9.17, 15) is 23.1 Å². The summed E-state index contributed by atoms with van der Waals surface area (Å²) in [6.45, 7) is 3.74. The lowest BCUT2D eigenvalue weighted by molar-refractivity contribution is -0.137. The van der Waals surface area contributed by atoms with Gasteiger partial charge in [-0.05, 0) is 70.4 Å². The first-order valence-electron chi connectivity index (χ1n) is 13.2. The Balaban J connectivity index is 1.67. The summed E-state index contributed by atoms with van der Waals surface area (Å²) in [6.07, 6.45) is 0.0167. The number of carbonyl (C=O) groups excluding carboxylic acids is 1. The number of hydrogen-bond acceptors (Lipinski definition) is 8. The Labute approximate surface area is 247 Å². The standard InChI is InChI=1S/C31H32F3N5O4/c1-30(2,41)23-15-21(43-20-9-6-8-19(14-20)31(32,33)34)11-12-24(23)38-29-22-16-26(37-28(40)10-7-13-39(3)4)27(42-5)17-25(22)35-18-36-29/h6-12,14-18,41H,13H2,1-5H3,(H,37,40)(H,35,36,38)/b10-7+. The van der Waals surface area contributed by atoms with Gasteiger partial charge >= 0.3 is 6.18 Å². The van der Waals surface area contributed by atoms with E-state index in [1.807, 2.05) is 19.0 Å². The van der Waals surface area contributed by atoms with Gasteiger partial charge in [0.2, 0.25) is 5.91 Å². The number of ether oxygens (including phenoxy) is 2. The minimum Gasteiger partial charge on any atom is -0.494 e. The van der Waals surface area contributed by atoms with Gasteiger partial charge in [0.1, 0.15) is 29.4 Å². The summed E-state index contributed by atoms with van der Waals surface area (Å²) < 4.78 is 50.7. The third-order valence-corrected chi connectivity index (χ3v) is 6.25. The quantitative estimate of drug-likeness (QED) is 0.179. The number of alkyl halides is 3. The second-order valence-corrected chi connectivity index (χ2v) is 10.5. The minimum atomic E-state index is -4.51. The number of benzene rings is 3. The normalized spacial score (nSPS) is 12.1. The molecule has 1 heterocycles. The molecule has 0 aliphatic heterocycles. The number of carbonyl (C=O) groups is 1. The van der Waals surface area contributed by atoms with Crippen LogP contribution in [0.2, 0.25) is 0 Å². The molecule has 0 bridgehead atoms. The predicted octanol–water partition coefficient (Wildman–Crippen LogP) is 6.48. The van der Waals surface area contributed by atoms with Crippen molar-refractivity contribution in [1.82, 2.24) is 14.9 Å². The Morgan fingerprint density at radius 3 is 2.44 bits per heavy atom. The largest absolute Gasteiger partial charge is 0.494 e. The SMILES string of the molecule is COc1cc2ncnc(Nc3ccc(Oc4cccc(C(F)(F)F)c4)cc3C(C)(C)O)c2cc1NC(=O)/C=C/CN(C)C. The summed E-state index contributed by atoms with van der Waals surface area (Å²) >= 11 is 0. The van der Waals surface area contributed by atoms with Crippen molar-refractivity contribution in [2.24, 2.45) is 0 Å². The van der Waals surface area contributed by atoms with E-state index in [0.29, 0.717) is 46.0 Å². The molecule has 0 aliphatic carbocycles. The van der Waals surface area contributed by atoms with Crippen molar-refractivity contribution >= 4 is 34.0 Å². The maximum Gasteiger partial charge on any atom is 0.416 e. The topological polar surface area (TPSA) is 109 Å². The molecule has 0 unspecified atom stereocenters. The van der Waals surface area contributed by atoms with Gasteiger partial charge in [-0.1, -0.05) is 12.1 Å². The van der Waals surface area contributed by atoms with E-state index >= 15 is 0 Å². The molecule has 1 aromatic heterocycles. The highest BCUT2D eigenvalue weighted by Crippen LogP contribution is 2.38. The number of halogens is 3. The van der Waals surface area contributed by atoms with E-state index in [4.69, 9.17) is 9.47 Å². The van der Waals surface area contributed by atoms with Gasteiger partial charge < -0.3 is 30.1 Å². The fourth-order valence-corrected chi connectivity index (χ4v) is 4.20. The van der Waals surface area contributed by atoms with Gasteiger partial charge in [-0.25, -0.2) is 9.97 Å². The number of anilines is 3. The molecule has 9 nitrogen and oxygen atoms in total. The molecule has 0 spiro atoms. The highest BCUT2D eigenvalue weighted by Gasteiger charge is 2.30. The van der Waals surface area contributed by atoms with Crippen LogP contribution in [-0.4, -0.2) is 53.6 Å². The molecule has 0 fully saturated rings. The number of nitrogens with zero attached hydrogens (tertiary/aromatic N) is 3. The van der Waals surface area contributed by atoms with Crippen molar-refractivity contribution in [2.75, 3.05) is 38.4 Å². The van der Waals surface area contributed by atoms with Gasteiger partial charge in [0.15, 0.2) is 0 Å². The van der Waals surface area contributed by atoms with Gasteiger partial charge in [0, 0.05) is 35.3 Å². The second-order valence-electron chi connectivity index (χ2n) is 10.5. The molecule has 0 atom stereocenters. The predicted molar refractivity (Wildman–Crippen MR) is 159 cm³/mol. The van der Waals surface area contributed by atoms with Crippen LogP contribution in [0.5, 0.6) is 17.2 Å². The zero-order valence-corrected chi connectivity index (χ0v) is 24.3. The van der Waals surface area contributed by atoms with Crippen LogP contribution in [-0.2, 0) is 16.6 Å². The van der Waals surface area contributed by atoms with Gasteiger partial charge in [-0.15, -0.1) is 0 Å². The molecule has 12 heteroatoms. The van der Waals surface area contributed by atoms with Crippen molar-refractivity contribution < 1.29 is 32.5 Å². The van der Waals surface area contributed by atoms with Crippen LogP contribution in [0.3, 0.4) is 0 Å². The number of likely N-dealkylation sites (N-methyl/N-ethyl adjacent to an activating group) is 1. The summed E-state index contributed by atoms with van der Waals surface area (Å²) in [5.41, 5.74) is -0.406. The molecule has 4 rings (SSSR count). The van der Waals surface area contributed by atoms with Crippen molar-refractivity contribution in [3.63, 3.8) is 0 Å². The van der Waals surface area contributed by atoms with E-state index in [2.05, 4.69) is 20.6 Å². The third-order valence-electron chi connectivity index (χ3n) is 6.25. The molecule has 0 saturated carbocycles. The molecule has 1 amide bonds. The maximum absolute atomic E-state index is 13.2. The summed E-state index contributed by atoms with van der Waals surface area (Å²) in [6, 6.07) is 12.6. The molecule has 4 aromatic rings. The molecular formula is C31H32F3N5O4. The van der Waals surface area contributed by atoms with E-state index in [1.54, 1.807) is 50.3 Å². The Bertz CT molecular complexity index is 1650. The molecule has 43 heavy (non-hydrogen) atoms. The minimum absolute atomic E-state index is 0.000826. The van der Waals surface area contributed by atoms with Gasteiger partial charge in [-0.3, -0.25) is 4.79 Å². The third kappa shape index (κ3) is 7.99. The monoisotopic (exact) mass is 595 g/mol. The average Bonchev–Trinajstić information content (AvgIpc) is 2.92. The molecule has 3 N–H and O–H groups in total. The lowest BCUT2D eigenvalue weighted by atomic mass is 9.96. The summed E-state index contributed by atoms with van der Waals surface area (Å²) in [5, 5.41) is 17.6. The Morgan fingerprint density at radius 2 is 1.77 bits per heavy atom. The Morgan fingerprint density at radius 1 is 1.02 bits per heavy atom. The first kappa shape index (κ1) is 31.3. The van der Waals surface area contributed by atoms with E-state index in [0.717, 1.165) is 12.1 Å². The number of aliphatic hydroxyl groups is 1. The van der Waals surface area contributed by atoms with E-state index in [-0.39, 0.29) is 17.4 Å². The molecule has 0 radical (unpaired) electrons. The number of hydrogen-bond donors (Lipinski definition) is 3. The number of amides is 1. The summed E-state index contributed by atoms with van der Waals surface area (Å²) in [5.74, 6) is 0.667. The Kier molecular flexibility index (Phi) is 9.22. The lowest BCUT2D eigenvalue weighted by Crippen LogP contribution is -2.18. The zero-order chi connectivity index (χ0) is 31.4. The molecule has 3 aromatic carbocycles. The van der Waals surface area contributed by atoms with Gasteiger partial charge in [0.25, 0.3) is 0 Å². The molecular weight excluding hydrogens is 563 g/mol. The zero-order valence-electron chi connectivity index (χ0n) is 24.3. The average molecular weight is 596 g/mol. The number of nitrogens with one attached hydrogen (secondary N) is 2. The van der Waals surface area contributed by atoms with Crippen molar-refractivity contribution in [3.8, 4) is 17.2 Å². The van der Waals surface area contributed by atoms with E-state index < -0.39 is 17.3 Å². The van der Waals surface area contributed by atoms with Crippen LogP contribution < -0.4 is 20.1 Å². The number of methoxy groups -OCH3 is 1. The van der Waals surface area contributed by atoms with Crippen LogP contribution in [0.1, 0.15) is 25.0 Å². The van der Waals surface area contributed by atoms with Crippen LogP contribution in [0, 0.1) is 0 Å². The van der Waals surface area contributed by atoms with Crippen molar-refractivity contribution in [1.29, 1.82) is 0 Å². The number of aromatic nitrogens is 2. The van der Waals surface area contributed by atoms with Crippen molar-refractivity contribution in [3.05, 3.63) is 84.2 Å². The summed E-state index contributed by atoms with van der Waals surface area (Å²) in [7, 11) is 5.27. The molecule has 226 valence electrons. The molecule has 0 saturated heterocycles. The van der Waals surface area contributed by atoms with Crippen LogP contribution in [0.15, 0.2) is 73.1 Å². The highest BCUT2D eigenvalue weighted by molar-refractivity contribution is 6.03. The van der Waals surface area contributed by atoms with Crippen LogP contribution in [0.25, 0.3) is 10.9 Å². The van der Waals surface area contributed by atoms with Crippen LogP contribution >= 0.6 is 0 Å². The fourth-order valence-electron chi connectivity index (χ4n) is 4.20. The maximum atomic E-state index is 13.2. The fraction of sp³-hybridized carbons (Fsp3) is 0.258. The van der Waals surface area contributed by atoms with E-state index in [1.165, 1.54) is 31.6 Å². The van der Waals surface area contributed by atoms with Crippen molar-refractivity contribution in [2.45, 2.75) is 25.6 Å². The Hall–Kier alpha value is -4.68.